The molecule has 7 heteroatoms. The van der Waals surface area contributed by atoms with Gasteiger partial charge < -0.3 is 19.3 Å². The quantitative estimate of drug-likeness (QED) is 0.743. The van der Waals surface area contributed by atoms with E-state index in [0.717, 1.165) is 5.56 Å². The van der Waals surface area contributed by atoms with Crippen molar-refractivity contribution < 1.29 is 18.8 Å². The minimum Gasteiger partial charge on any atom is -0.454 e. The summed E-state index contributed by atoms with van der Waals surface area (Å²) in [5, 5.41) is 7.04. The van der Waals surface area contributed by atoms with Gasteiger partial charge in [0.05, 0.1) is 0 Å². The first-order valence-electron chi connectivity index (χ1n) is 8.71. The molecule has 1 atom stereocenters. The third kappa shape index (κ3) is 3.48. The minimum atomic E-state index is -0.395. The number of carbonyl (C=O) groups excluding carboxylic acids is 1. The van der Waals surface area contributed by atoms with Gasteiger partial charge in [0.25, 0.3) is 5.91 Å². The first-order chi connectivity index (χ1) is 13.1. The molecule has 1 N–H and O–H groups in total. The Morgan fingerprint density at radius 1 is 1.07 bits per heavy atom. The Morgan fingerprint density at radius 3 is 2.63 bits per heavy atom. The van der Waals surface area contributed by atoms with Crippen molar-refractivity contribution in [2.75, 3.05) is 6.79 Å². The number of fused-ring (bicyclic) bond motifs is 1. The third-order valence-electron chi connectivity index (χ3n) is 4.33. The van der Waals surface area contributed by atoms with Crippen LogP contribution in [0.15, 0.2) is 53.1 Å². The summed E-state index contributed by atoms with van der Waals surface area (Å²) < 4.78 is 16.2. The van der Waals surface area contributed by atoms with Crippen molar-refractivity contribution in [3.05, 3.63) is 60.0 Å². The molecule has 1 unspecified atom stereocenters. The molecule has 7 nitrogen and oxygen atoms in total. The molecule has 3 aromatic rings. The average molecular weight is 365 g/mol. The largest absolute Gasteiger partial charge is 0.454 e. The number of hydrogen-bond donors (Lipinski definition) is 1. The molecule has 0 spiro atoms. The summed E-state index contributed by atoms with van der Waals surface area (Å²) in [5.41, 5.74) is 1.34. The van der Waals surface area contributed by atoms with Crippen LogP contribution in [-0.4, -0.2) is 22.8 Å². The van der Waals surface area contributed by atoms with E-state index in [0.29, 0.717) is 28.8 Å². The van der Waals surface area contributed by atoms with Crippen molar-refractivity contribution in [2.45, 2.75) is 19.9 Å². The van der Waals surface area contributed by atoms with Gasteiger partial charge in [0.15, 0.2) is 11.5 Å². The SMILES string of the molecule is CC(C)C(NC(=O)c1ccccc1)c1nc(-c2ccc3c(c2)OCO3)no1. The molecule has 138 valence electrons. The van der Waals surface area contributed by atoms with Crippen molar-refractivity contribution in [2.24, 2.45) is 5.92 Å². The first-order valence-corrected chi connectivity index (χ1v) is 8.71. The predicted octanol–water partition coefficient (Wildman–Crippen LogP) is 3.59. The highest BCUT2D eigenvalue weighted by molar-refractivity contribution is 5.94. The number of ether oxygens (including phenoxy) is 2. The van der Waals surface area contributed by atoms with Crippen LogP contribution in [0, 0.1) is 5.92 Å². The number of hydrogen-bond acceptors (Lipinski definition) is 6. The maximum Gasteiger partial charge on any atom is 0.251 e. The fourth-order valence-electron chi connectivity index (χ4n) is 2.84. The number of benzene rings is 2. The molecule has 4 rings (SSSR count). The predicted molar refractivity (Wildman–Crippen MR) is 97.3 cm³/mol. The highest BCUT2D eigenvalue weighted by Gasteiger charge is 2.26. The molecule has 27 heavy (non-hydrogen) atoms. The fraction of sp³-hybridized carbons (Fsp3) is 0.250. The van der Waals surface area contributed by atoms with Crippen LogP contribution in [0.4, 0.5) is 0 Å². The normalized spacial score (nSPS) is 13.6. The Labute approximate surface area is 156 Å². The molecule has 0 radical (unpaired) electrons. The van der Waals surface area contributed by atoms with E-state index in [1.165, 1.54) is 0 Å². The molecule has 0 saturated carbocycles. The summed E-state index contributed by atoms with van der Waals surface area (Å²) in [6, 6.07) is 14.1. The van der Waals surface area contributed by atoms with Crippen LogP contribution in [0.25, 0.3) is 11.4 Å². The highest BCUT2D eigenvalue weighted by atomic mass is 16.7. The van der Waals surface area contributed by atoms with Crippen molar-refractivity contribution in [1.29, 1.82) is 0 Å². The van der Waals surface area contributed by atoms with Crippen LogP contribution in [0.2, 0.25) is 0 Å². The van der Waals surface area contributed by atoms with Crippen LogP contribution < -0.4 is 14.8 Å². The standard InChI is InChI=1S/C20H19N3O4/c1-12(2)17(21-19(24)13-6-4-3-5-7-13)20-22-18(23-27-20)14-8-9-15-16(10-14)26-11-25-15/h3-10,12,17H,11H2,1-2H3,(H,21,24). The van der Waals surface area contributed by atoms with Gasteiger partial charge in [-0.05, 0) is 36.2 Å². The lowest BCUT2D eigenvalue weighted by Crippen LogP contribution is -2.32. The van der Waals surface area contributed by atoms with Gasteiger partial charge >= 0.3 is 0 Å². The molecule has 0 saturated heterocycles. The number of rotatable bonds is 5. The second kappa shape index (κ2) is 7.11. The van der Waals surface area contributed by atoms with Crippen LogP contribution in [-0.2, 0) is 0 Å². The maximum atomic E-state index is 12.5. The fourth-order valence-corrected chi connectivity index (χ4v) is 2.84. The Morgan fingerprint density at radius 2 is 1.85 bits per heavy atom. The number of amides is 1. The molecule has 1 aliphatic heterocycles. The summed E-state index contributed by atoms with van der Waals surface area (Å²) in [6.45, 7) is 4.18. The average Bonchev–Trinajstić information content (AvgIpc) is 3.35. The summed E-state index contributed by atoms with van der Waals surface area (Å²) in [6.07, 6.45) is 0. The molecular formula is C20H19N3O4. The van der Waals surface area contributed by atoms with E-state index in [2.05, 4.69) is 15.5 Å². The van der Waals surface area contributed by atoms with E-state index >= 15 is 0 Å². The zero-order valence-electron chi connectivity index (χ0n) is 15.0. The Kier molecular flexibility index (Phi) is 4.50. The molecule has 0 fully saturated rings. The van der Waals surface area contributed by atoms with Crippen LogP contribution in [0.1, 0.15) is 36.1 Å². The van der Waals surface area contributed by atoms with Crippen molar-refractivity contribution in [3.63, 3.8) is 0 Å². The number of aromatic nitrogens is 2. The van der Waals surface area contributed by atoms with Gasteiger partial charge in [-0.2, -0.15) is 4.98 Å². The molecule has 1 amide bonds. The lowest BCUT2D eigenvalue weighted by molar-refractivity contribution is 0.0914. The number of nitrogens with one attached hydrogen (secondary N) is 1. The molecule has 2 aromatic carbocycles. The highest BCUT2D eigenvalue weighted by Crippen LogP contribution is 2.35. The van der Waals surface area contributed by atoms with E-state index in [-0.39, 0.29) is 18.6 Å². The van der Waals surface area contributed by atoms with Crippen molar-refractivity contribution in [1.82, 2.24) is 15.5 Å². The molecule has 0 aliphatic carbocycles. The molecule has 1 aliphatic rings. The van der Waals surface area contributed by atoms with Gasteiger partial charge in [0.2, 0.25) is 18.5 Å². The van der Waals surface area contributed by atoms with E-state index in [1.54, 1.807) is 12.1 Å². The lowest BCUT2D eigenvalue weighted by atomic mass is 10.0. The summed E-state index contributed by atoms with van der Waals surface area (Å²) in [4.78, 5) is 17.0. The van der Waals surface area contributed by atoms with Gasteiger partial charge in [0.1, 0.15) is 6.04 Å². The zero-order chi connectivity index (χ0) is 18.8. The van der Waals surface area contributed by atoms with E-state index < -0.39 is 6.04 Å². The Bertz CT molecular complexity index is 953. The molecular weight excluding hydrogens is 346 g/mol. The Balaban J connectivity index is 1.57. The van der Waals surface area contributed by atoms with Gasteiger partial charge in [-0.1, -0.05) is 37.2 Å². The van der Waals surface area contributed by atoms with Gasteiger partial charge in [-0.25, -0.2) is 0 Å². The second-order valence-corrected chi connectivity index (χ2v) is 6.59. The lowest BCUT2D eigenvalue weighted by Gasteiger charge is -2.18. The number of carbonyl (C=O) groups is 1. The minimum absolute atomic E-state index is 0.0720. The summed E-state index contributed by atoms with van der Waals surface area (Å²) in [5.74, 6) is 2.03. The topological polar surface area (TPSA) is 86.5 Å². The van der Waals surface area contributed by atoms with Gasteiger partial charge in [-0.15, -0.1) is 0 Å². The molecule has 1 aromatic heterocycles. The Hall–Kier alpha value is -3.35. The first kappa shape index (κ1) is 17.1. The summed E-state index contributed by atoms with van der Waals surface area (Å²) >= 11 is 0. The summed E-state index contributed by atoms with van der Waals surface area (Å²) in [7, 11) is 0. The van der Waals surface area contributed by atoms with Crippen LogP contribution in [0.3, 0.4) is 0 Å². The maximum absolute atomic E-state index is 12.5. The van der Waals surface area contributed by atoms with Gasteiger partial charge in [-0.3, -0.25) is 4.79 Å². The molecule has 2 heterocycles. The van der Waals surface area contributed by atoms with E-state index in [9.17, 15) is 4.79 Å². The zero-order valence-corrected chi connectivity index (χ0v) is 15.0. The van der Waals surface area contributed by atoms with Crippen LogP contribution in [0.5, 0.6) is 11.5 Å². The van der Waals surface area contributed by atoms with Gasteiger partial charge in [0, 0.05) is 11.1 Å². The van der Waals surface area contributed by atoms with Crippen LogP contribution >= 0.6 is 0 Å². The van der Waals surface area contributed by atoms with Crippen molar-refractivity contribution in [3.8, 4) is 22.9 Å². The van der Waals surface area contributed by atoms with E-state index in [1.807, 2.05) is 50.2 Å². The van der Waals surface area contributed by atoms with E-state index in [4.69, 9.17) is 14.0 Å². The smallest absolute Gasteiger partial charge is 0.251 e. The number of nitrogens with zero attached hydrogens (tertiary/aromatic N) is 2. The third-order valence-corrected chi connectivity index (χ3v) is 4.33. The monoisotopic (exact) mass is 365 g/mol. The molecule has 0 bridgehead atoms. The van der Waals surface area contributed by atoms with Crippen molar-refractivity contribution >= 4 is 5.91 Å². The second-order valence-electron chi connectivity index (χ2n) is 6.59.